The minimum Gasteiger partial charge on any atom is -1.00 e. The zero-order chi connectivity index (χ0) is 18.0. The molecule has 0 radical (unpaired) electrons. The van der Waals surface area contributed by atoms with Crippen LogP contribution in [-0.2, 0) is 13.0 Å². The van der Waals surface area contributed by atoms with Gasteiger partial charge in [0.05, 0.1) is 40.4 Å². The molecular weight excluding hydrogens is 441 g/mol. The molecule has 1 aliphatic heterocycles. The number of benzene rings is 2. The average molecular weight is 469 g/mol. The molecule has 142 valence electrons. The van der Waals surface area contributed by atoms with Gasteiger partial charge in [-0.15, -0.1) is 0 Å². The highest BCUT2D eigenvalue weighted by molar-refractivity contribution is 5.60. The van der Waals surface area contributed by atoms with Crippen molar-refractivity contribution in [2.45, 2.75) is 26.0 Å². The monoisotopic (exact) mass is 469 g/mol. The number of rotatable bonds is 5. The standard InChI is InChI=1S/C21H28NO3.HI/c1-15-19-17(11-12-22(15,2)3)13-18(20(23-4)21(19)24-5)25-14-16-9-7-6-8-10-16;/h6-10,13,15H,11-12,14H2,1-5H3;1H/q+1;/p-1. The minimum absolute atomic E-state index is 0. The van der Waals surface area contributed by atoms with Gasteiger partial charge in [0.2, 0.25) is 5.75 Å². The maximum Gasteiger partial charge on any atom is 0.203 e. The van der Waals surface area contributed by atoms with Crippen LogP contribution in [0.3, 0.4) is 0 Å². The molecule has 1 atom stereocenters. The topological polar surface area (TPSA) is 27.7 Å². The van der Waals surface area contributed by atoms with E-state index in [2.05, 4.69) is 39.2 Å². The third kappa shape index (κ3) is 3.93. The van der Waals surface area contributed by atoms with Crippen LogP contribution in [0.4, 0.5) is 0 Å². The van der Waals surface area contributed by atoms with Crippen molar-refractivity contribution in [1.82, 2.24) is 0 Å². The first-order valence-corrected chi connectivity index (χ1v) is 8.75. The second-order valence-corrected chi connectivity index (χ2v) is 7.22. The van der Waals surface area contributed by atoms with Crippen molar-refractivity contribution < 1.29 is 42.7 Å². The van der Waals surface area contributed by atoms with Gasteiger partial charge in [-0.05, 0) is 24.1 Å². The summed E-state index contributed by atoms with van der Waals surface area (Å²) in [6.07, 6.45) is 1.01. The number of halogens is 1. The SMILES string of the molecule is COc1c(OCc2ccccc2)cc2c(c1OC)C(C)[N+](C)(C)CC2.[I-]. The first-order chi connectivity index (χ1) is 12.0. The highest BCUT2D eigenvalue weighted by atomic mass is 127. The van der Waals surface area contributed by atoms with Crippen LogP contribution < -0.4 is 38.2 Å². The van der Waals surface area contributed by atoms with E-state index in [0.717, 1.165) is 34.5 Å². The van der Waals surface area contributed by atoms with E-state index in [9.17, 15) is 0 Å². The van der Waals surface area contributed by atoms with Crippen molar-refractivity contribution in [3.8, 4) is 17.2 Å². The summed E-state index contributed by atoms with van der Waals surface area (Å²) in [6.45, 7) is 3.86. The Morgan fingerprint density at radius 2 is 1.69 bits per heavy atom. The Bertz CT molecular complexity index is 747. The van der Waals surface area contributed by atoms with E-state index in [0.29, 0.717) is 18.4 Å². The molecule has 1 unspecified atom stereocenters. The van der Waals surface area contributed by atoms with Gasteiger partial charge in [0, 0.05) is 6.42 Å². The third-order valence-corrected chi connectivity index (χ3v) is 5.40. The highest BCUT2D eigenvalue weighted by Crippen LogP contribution is 2.48. The first-order valence-electron chi connectivity index (χ1n) is 8.75. The summed E-state index contributed by atoms with van der Waals surface area (Å²) in [4.78, 5) is 0. The molecule has 26 heavy (non-hydrogen) atoms. The zero-order valence-corrected chi connectivity index (χ0v) is 18.4. The smallest absolute Gasteiger partial charge is 0.203 e. The van der Waals surface area contributed by atoms with E-state index in [1.54, 1.807) is 14.2 Å². The van der Waals surface area contributed by atoms with Gasteiger partial charge in [-0.2, -0.15) is 0 Å². The molecule has 0 bridgehead atoms. The summed E-state index contributed by atoms with van der Waals surface area (Å²) in [5.41, 5.74) is 3.67. The molecule has 2 aromatic rings. The predicted octanol–water partition coefficient (Wildman–Crippen LogP) is 0.980. The predicted molar refractivity (Wildman–Crippen MR) is 99.4 cm³/mol. The van der Waals surface area contributed by atoms with Crippen molar-refractivity contribution in [3.05, 3.63) is 53.1 Å². The number of methoxy groups -OCH3 is 2. The van der Waals surface area contributed by atoms with E-state index < -0.39 is 0 Å². The molecule has 3 rings (SSSR count). The highest BCUT2D eigenvalue weighted by Gasteiger charge is 2.37. The number of nitrogens with zero attached hydrogens (tertiary/aromatic N) is 1. The molecule has 2 aromatic carbocycles. The first kappa shape index (κ1) is 20.8. The molecule has 0 fully saturated rings. The van der Waals surface area contributed by atoms with Crippen LogP contribution in [0.25, 0.3) is 0 Å². The van der Waals surface area contributed by atoms with Crippen molar-refractivity contribution in [2.24, 2.45) is 0 Å². The Hall–Kier alpha value is -1.47. The molecule has 0 amide bonds. The fourth-order valence-corrected chi connectivity index (χ4v) is 3.54. The maximum atomic E-state index is 6.10. The number of hydrogen-bond donors (Lipinski definition) is 0. The minimum atomic E-state index is 0. The van der Waals surface area contributed by atoms with Gasteiger partial charge in [0.25, 0.3) is 0 Å². The van der Waals surface area contributed by atoms with Crippen LogP contribution in [0, 0.1) is 0 Å². The van der Waals surface area contributed by atoms with Gasteiger partial charge >= 0.3 is 0 Å². The van der Waals surface area contributed by atoms with Crippen molar-refractivity contribution >= 4 is 0 Å². The normalized spacial score (nSPS) is 17.7. The number of fused-ring (bicyclic) bond motifs is 1. The molecule has 0 N–H and O–H groups in total. The molecule has 1 heterocycles. The van der Waals surface area contributed by atoms with Gasteiger partial charge < -0.3 is 42.7 Å². The number of hydrogen-bond acceptors (Lipinski definition) is 3. The molecule has 0 aromatic heterocycles. The van der Waals surface area contributed by atoms with Crippen molar-refractivity contribution in [2.75, 3.05) is 34.9 Å². The number of ether oxygens (including phenoxy) is 3. The van der Waals surface area contributed by atoms with Crippen molar-refractivity contribution in [3.63, 3.8) is 0 Å². The fourth-order valence-electron chi connectivity index (χ4n) is 3.54. The second-order valence-electron chi connectivity index (χ2n) is 7.22. The molecule has 0 spiro atoms. The summed E-state index contributed by atoms with van der Waals surface area (Å²) in [7, 11) is 7.91. The van der Waals surface area contributed by atoms with Crippen LogP contribution in [0.5, 0.6) is 17.2 Å². The number of likely N-dealkylation sites (N-methyl/N-ethyl adjacent to an activating group) is 1. The molecule has 0 saturated carbocycles. The summed E-state index contributed by atoms with van der Waals surface area (Å²) in [6, 6.07) is 12.6. The average Bonchev–Trinajstić information content (AvgIpc) is 2.63. The molecule has 4 nitrogen and oxygen atoms in total. The van der Waals surface area contributed by atoms with E-state index >= 15 is 0 Å². The van der Waals surface area contributed by atoms with Crippen LogP contribution in [-0.4, -0.2) is 39.3 Å². The summed E-state index contributed by atoms with van der Waals surface area (Å²) in [5.74, 6) is 2.24. The van der Waals surface area contributed by atoms with Gasteiger partial charge in [-0.1, -0.05) is 30.3 Å². The molecule has 1 aliphatic rings. The fraction of sp³-hybridized carbons (Fsp3) is 0.429. The summed E-state index contributed by atoms with van der Waals surface area (Å²) in [5, 5.41) is 0. The van der Waals surface area contributed by atoms with Crippen LogP contribution in [0.2, 0.25) is 0 Å². The largest absolute Gasteiger partial charge is 1.00 e. The lowest BCUT2D eigenvalue weighted by molar-refractivity contribution is -0.921. The molecular formula is C21H28INO3. The Morgan fingerprint density at radius 3 is 2.31 bits per heavy atom. The Kier molecular flexibility index (Phi) is 6.80. The van der Waals surface area contributed by atoms with Crippen LogP contribution in [0.15, 0.2) is 36.4 Å². The maximum absolute atomic E-state index is 6.10. The lowest BCUT2D eigenvalue weighted by Gasteiger charge is -2.41. The van der Waals surface area contributed by atoms with Gasteiger partial charge in [-0.25, -0.2) is 0 Å². The Balaban J connectivity index is 0.00000243. The summed E-state index contributed by atoms with van der Waals surface area (Å²) >= 11 is 0. The van der Waals surface area contributed by atoms with E-state index in [-0.39, 0.29) is 24.0 Å². The third-order valence-electron chi connectivity index (χ3n) is 5.40. The van der Waals surface area contributed by atoms with Crippen LogP contribution in [0.1, 0.15) is 29.7 Å². The second kappa shape index (κ2) is 8.48. The quantitative estimate of drug-likeness (QED) is 0.483. The van der Waals surface area contributed by atoms with Gasteiger partial charge in [-0.3, -0.25) is 0 Å². The molecule has 0 saturated heterocycles. The van der Waals surface area contributed by atoms with E-state index in [1.807, 2.05) is 18.2 Å². The lowest BCUT2D eigenvalue weighted by atomic mass is 9.90. The lowest BCUT2D eigenvalue weighted by Crippen LogP contribution is -3.00. The van der Waals surface area contributed by atoms with Crippen LogP contribution >= 0.6 is 0 Å². The molecule has 0 aliphatic carbocycles. The van der Waals surface area contributed by atoms with E-state index in [1.165, 1.54) is 11.1 Å². The number of quaternary nitrogens is 1. The Morgan fingerprint density at radius 1 is 1.04 bits per heavy atom. The van der Waals surface area contributed by atoms with Gasteiger partial charge in [0.1, 0.15) is 12.6 Å². The zero-order valence-electron chi connectivity index (χ0n) is 16.2. The summed E-state index contributed by atoms with van der Waals surface area (Å²) < 4.78 is 18.5. The van der Waals surface area contributed by atoms with E-state index in [4.69, 9.17) is 14.2 Å². The molecule has 5 heteroatoms. The van der Waals surface area contributed by atoms with Crippen molar-refractivity contribution in [1.29, 1.82) is 0 Å². The Labute approximate surface area is 173 Å². The van der Waals surface area contributed by atoms with Gasteiger partial charge in [0.15, 0.2) is 11.5 Å².